The van der Waals surface area contributed by atoms with Gasteiger partial charge >= 0.3 is 0 Å². The van der Waals surface area contributed by atoms with Crippen LogP contribution >= 0.6 is 22.6 Å². The standard InChI is InChI=1S/C10H12I/c1-7(2)9-4-8(3)5-10(11)6-9/h4-7H,3H2,1-2H3. The van der Waals surface area contributed by atoms with E-state index in [1.807, 2.05) is 0 Å². The molecule has 0 unspecified atom stereocenters. The van der Waals surface area contributed by atoms with Crippen LogP contribution in [-0.4, -0.2) is 0 Å². The molecule has 0 aliphatic heterocycles. The molecule has 0 saturated heterocycles. The zero-order valence-corrected chi connectivity index (χ0v) is 9.05. The van der Waals surface area contributed by atoms with Gasteiger partial charge in [-0.25, -0.2) is 0 Å². The second-order valence-electron chi connectivity index (χ2n) is 3.05. The van der Waals surface area contributed by atoms with Gasteiger partial charge in [-0.05, 0) is 58.7 Å². The Morgan fingerprint density at radius 3 is 2.36 bits per heavy atom. The molecule has 1 heteroatoms. The van der Waals surface area contributed by atoms with Crippen LogP contribution in [0, 0.1) is 10.5 Å². The van der Waals surface area contributed by atoms with Crippen LogP contribution < -0.4 is 0 Å². The average Bonchev–Trinajstić information content (AvgIpc) is 1.85. The molecule has 1 rings (SSSR count). The highest BCUT2D eigenvalue weighted by atomic mass is 127. The lowest BCUT2D eigenvalue weighted by atomic mass is 10.0. The first-order valence-electron chi connectivity index (χ1n) is 3.72. The predicted octanol–water partition coefficient (Wildman–Crippen LogP) is 3.60. The molecule has 0 aromatic heterocycles. The third-order valence-electron chi connectivity index (χ3n) is 1.65. The van der Waals surface area contributed by atoms with E-state index < -0.39 is 0 Å². The molecule has 0 aliphatic carbocycles. The van der Waals surface area contributed by atoms with Gasteiger partial charge in [0.1, 0.15) is 0 Å². The van der Waals surface area contributed by atoms with Crippen molar-refractivity contribution in [3.63, 3.8) is 0 Å². The second kappa shape index (κ2) is 3.57. The molecule has 0 saturated carbocycles. The smallest absolute Gasteiger partial charge is 0.0135 e. The van der Waals surface area contributed by atoms with Crippen LogP contribution in [0.4, 0.5) is 0 Å². The maximum absolute atomic E-state index is 3.92. The summed E-state index contributed by atoms with van der Waals surface area (Å²) in [5.74, 6) is 0.602. The Kier molecular flexibility index (Phi) is 2.93. The van der Waals surface area contributed by atoms with Gasteiger partial charge in [-0.2, -0.15) is 0 Å². The molecule has 0 atom stereocenters. The first-order chi connectivity index (χ1) is 5.09. The minimum absolute atomic E-state index is 0.602. The fraction of sp³-hybridized carbons (Fsp3) is 0.300. The van der Waals surface area contributed by atoms with Gasteiger partial charge in [0, 0.05) is 3.57 Å². The lowest BCUT2D eigenvalue weighted by Gasteiger charge is -2.06. The Hall–Kier alpha value is -0.0500. The molecule has 0 bridgehead atoms. The maximum Gasteiger partial charge on any atom is 0.0135 e. The summed E-state index contributed by atoms with van der Waals surface area (Å²) in [4.78, 5) is 0. The SMILES string of the molecule is [CH2]c1cc(I)cc(C(C)C)c1. The quantitative estimate of drug-likeness (QED) is 0.676. The largest absolute Gasteiger partial charge is 0.0587 e. The fourth-order valence-corrected chi connectivity index (χ4v) is 1.77. The van der Waals surface area contributed by atoms with Crippen LogP contribution in [0.15, 0.2) is 18.2 Å². The van der Waals surface area contributed by atoms with Crippen molar-refractivity contribution in [3.05, 3.63) is 39.8 Å². The molecule has 0 nitrogen and oxygen atoms in total. The molecule has 0 heterocycles. The van der Waals surface area contributed by atoms with E-state index in [1.165, 1.54) is 9.13 Å². The lowest BCUT2D eigenvalue weighted by molar-refractivity contribution is 0.864. The topological polar surface area (TPSA) is 0 Å². The van der Waals surface area contributed by atoms with Gasteiger partial charge in [0.2, 0.25) is 0 Å². The lowest BCUT2D eigenvalue weighted by Crippen LogP contribution is -1.89. The van der Waals surface area contributed by atoms with Gasteiger partial charge in [-0.3, -0.25) is 0 Å². The number of hydrogen-bond donors (Lipinski definition) is 0. The summed E-state index contributed by atoms with van der Waals surface area (Å²) < 4.78 is 1.28. The number of hydrogen-bond acceptors (Lipinski definition) is 0. The molecular weight excluding hydrogens is 247 g/mol. The Balaban J connectivity index is 3.08. The second-order valence-corrected chi connectivity index (χ2v) is 4.29. The van der Waals surface area contributed by atoms with Crippen LogP contribution in [0.3, 0.4) is 0 Å². The van der Waals surface area contributed by atoms with E-state index in [-0.39, 0.29) is 0 Å². The molecule has 1 aromatic rings. The highest BCUT2D eigenvalue weighted by Gasteiger charge is 1.99. The van der Waals surface area contributed by atoms with Crippen molar-refractivity contribution in [2.45, 2.75) is 19.8 Å². The first kappa shape index (κ1) is 9.04. The highest BCUT2D eigenvalue weighted by Crippen LogP contribution is 2.18. The molecule has 0 amide bonds. The zero-order chi connectivity index (χ0) is 8.43. The van der Waals surface area contributed by atoms with Crippen LogP contribution in [0.5, 0.6) is 0 Å². The summed E-state index contributed by atoms with van der Waals surface area (Å²) in [7, 11) is 0. The van der Waals surface area contributed by atoms with Crippen molar-refractivity contribution in [2.24, 2.45) is 0 Å². The van der Waals surface area contributed by atoms with E-state index in [2.05, 4.69) is 61.6 Å². The van der Waals surface area contributed by atoms with E-state index in [4.69, 9.17) is 0 Å². The van der Waals surface area contributed by atoms with Crippen molar-refractivity contribution in [2.75, 3.05) is 0 Å². The normalized spacial score (nSPS) is 10.6. The van der Waals surface area contributed by atoms with E-state index >= 15 is 0 Å². The van der Waals surface area contributed by atoms with Gasteiger partial charge in [-0.1, -0.05) is 19.9 Å². The van der Waals surface area contributed by atoms with E-state index in [1.54, 1.807) is 0 Å². The molecule has 11 heavy (non-hydrogen) atoms. The predicted molar refractivity (Wildman–Crippen MR) is 57.7 cm³/mol. The summed E-state index contributed by atoms with van der Waals surface area (Å²) in [5, 5.41) is 0. The Morgan fingerprint density at radius 2 is 1.91 bits per heavy atom. The van der Waals surface area contributed by atoms with Crippen molar-refractivity contribution >= 4 is 22.6 Å². The molecule has 1 aromatic carbocycles. The molecular formula is C10H12I. The number of rotatable bonds is 1. The van der Waals surface area contributed by atoms with E-state index in [0.29, 0.717) is 5.92 Å². The summed E-state index contributed by atoms with van der Waals surface area (Å²) in [5.41, 5.74) is 2.49. The minimum atomic E-state index is 0.602. The minimum Gasteiger partial charge on any atom is -0.0587 e. The number of benzene rings is 1. The molecule has 1 radical (unpaired) electrons. The molecule has 59 valence electrons. The van der Waals surface area contributed by atoms with Crippen LogP contribution in [-0.2, 0) is 0 Å². The van der Waals surface area contributed by atoms with E-state index in [9.17, 15) is 0 Å². The first-order valence-corrected chi connectivity index (χ1v) is 4.80. The van der Waals surface area contributed by atoms with Gasteiger partial charge in [0.05, 0.1) is 0 Å². The molecule has 0 aliphatic rings. The van der Waals surface area contributed by atoms with Gasteiger partial charge in [-0.15, -0.1) is 0 Å². The Morgan fingerprint density at radius 1 is 1.27 bits per heavy atom. The third-order valence-corrected chi connectivity index (χ3v) is 2.27. The highest BCUT2D eigenvalue weighted by molar-refractivity contribution is 14.1. The summed E-state index contributed by atoms with van der Waals surface area (Å²) in [6.45, 7) is 8.32. The van der Waals surface area contributed by atoms with Gasteiger partial charge in [0.15, 0.2) is 0 Å². The summed E-state index contributed by atoms with van der Waals surface area (Å²) in [6.07, 6.45) is 0. The maximum atomic E-state index is 3.92. The average molecular weight is 259 g/mol. The Labute approximate surface area is 82.2 Å². The third kappa shape index (κ3) is 2.47. The van der Waals surface area contributed by atoms with Crippen molar-refractivity contribution in [3.8, 4) is 0 Å². The van der Waals surface area contributed by atoms with E-state index in [0.717, 1.165) is 5.56 Å². The van der Waals surface area contributed by atoms with Gasteiger partial charge in [0.25, 0.3) is 0 Å². The van der Waals surface area contributed by atoms with Gasteiger partial charge < -0.3 is 0 Å². The monoisotopic (exact) mass is 259 g/mol. The summed E-state index contributed by atoms with van der Waals surface area (Å²) in [6, 6.07) is 6.44. The van der Waals surface area contributed by atoms with Crippen molar-refractivity contribution in [1.29, 1.82) is 0 Å². The number of halogens is 1. The summed E-state index contributed by atoms with van der Waals surface area (Å²) >= 11 is 2.32. The van der Waals surface area contributed by atoms with Crippen LogP contribution in [0.1, 0.15) is 30.9 Å². The Bertz CT molecular complexity index is 231. The zero-order valence-electron chi connectivity index (χ0n) is 6.89. The fourth-order valence-electron chi connectivity index (χ4n) is 1.01. The van der Waals surface area contributed by atoms with Crippen molar-refractivity contribution < 1.29 is 0 Å². The molecule has 0 spiro atoms. The molecule has 0 fully saturated rings. The van der Waals surface area contributed by atoms with Crippen LogP contribution in [0.25, 0.3) is 0 Å². The van der Waals surface area contributed by atoms with Crippen molar-refractivity contribution in [1.82, 2.24) is 0 Å². The molecule has 0 N–H and O–H groups in total. The van der Waals surface area contributed by atoms with Crippen LogP contribution in [0.2, 0.25) is 0 Å².